The van der Waals surface area contributed by atoms with Crippen molar-refractivity contribution < 1.29 is 132 Å². The van der Waals surface area contributed by atoms with Crippen molar-refractivity contribution in [2.75, 3.05) is 59.2 Å². The Balaban J connectivity index is -0.00000117. The number of aliphatic imine (C=N–C) groups is 4. The number of nitrogens with two attached hydrogens (primary N) is 8. The molecule has 0 aliphatic carbocycles. The third-order valence-electron chi connectivity index (χ3n) is 19.2. The normalized spacial score (nSPS) is 12.6. The number of hydrogen-bond donors (Lipinski definition) is 23. The molecule has 742 valence electrons. The first-order chi connectivity index (χ1) is 61.4. The van der Waals surface area contributed by atoms with E-state index in [4.69, 9.17) is 61.2 Å². The van der Waals surface area contributed by atoms with E-state index in [1.54, 1.807) is 13.8 Å². The zero-order valence-corrected chi connectivity index (χ0v) is 76.2. The summed E-state index contributed by atoms with van der Waals surface area (Å²) in [5, 5.41) is 88.2. The maximum absolute atomic E-state index is 13.8. The van der Waals surface area contributed by atoms with Crippen LogP contribution in [-0.4, -0.2) is 272 Å². The van der Waals surface area contributed by atoms with E-state index in [9.17, 15) is 117 Å². The Bertz CT molecular complexity index is 3600. The maximum Gasteiger partial charge on any atom is 0.309 e. The molecular formula is C84H149N19O27. The Morgan fingerprint density at radius 1 is 0.269 bits per heavy atom. The molecule has 0 aliphatic heterocycles. The van der Waals surface area contributed by atoms with Crippen LogP contribution in [-0.2, 0) is 91.1 Å². The molecule has 130 heavy (non-hydrogen) atoms. The molecule has 0 rings (SSSR count). The first kappa shape index (κ1) is 125. The van der Waals surface area contributed by atoms with Crippen molar-refractivity contribution in [1.82, 2.24) is 37.2 Å². The second kappa shape index (κ2) is 78.5. The molecule has 0 heterocycles. The SMILES string of the molecule is CCCCCC(=O)CC(CCCCNC(=O)CCCCC)C(=O)NC(CCCN=C(N)N)C(=O)CCC(=O)NC(CCCN=C(N)N)C(=O)CCC(=O)NC(CC(=O)O)C(=O)CC(CO)C(=O)O.CCCCCC(=O)CCC(=O)NC(CCCN=C(N)N)C(=O)CCC(=O)NC(CCCN=C(N)N)C(=O)CCC(=O)NC(CC(=O)O)C(=O)CC(CO)C(=O)O.CCO.CCO. The standard InChI is InChI=1S/C45H78N10O13.C35H59N9O12.2C2H6O/c1-3-5-7-14-31(57)25-29(13-9-10-22-50-38(61)17-8-6-4-2)42(66)55-33(16-12-24-52-45(48)49)36(59)19-20-39(62)53-32(15-11-23-51-44(46)47)35(58)18-21-40(63)54-34(27-41(64)65)37(60)26-30(28-56)43(67)68;1-2-3-4-7-22(46)10-13-29(50)42-23(8-5-16-40-34(36)37)26(47)11-14-30(51)43-24(9-6-17-41-35(38)39)27(48)12-15-31(52)44-25(19-32(53)54)28(49)18-21(20-45)33(55)56;2*1-2-3/h29-30,32-34,56H,3-28H2,1-2H3,(H,50,61)(H,53,62)(H,54,63)(H,55,66)(H,64,65)(H,67,68)(H4,46,47,51)(H4,48,49,52);21,23-25,45H,2-20H2,1H3,(H,42,50)(H,43,51)(H,44,52)(H,53,54)(H,55,56)(H4,36,37,40)(H4,38,39,41);2*3H,2H2,1H3. The highest BCUT2D eigenvalue weighted by atomic mass is 16.4. The predicted octanol–water partition coefficient (Wildman–Crippen LogP) is -1.30. The van der Waals surface area contributed by atoms with Crippen molar-refractivity contribution >= 4 is 135 Å². The molecule has 0 aromatic carbocycles. The fourth-order valence-electron chi connectivity index (χ4n) is 12.2. The van der Waals surface area contributed by atoms with E-state index in [2.05, 4.69) is 64.1 Å². The summed E-state index contributed by atoms with van der Waals surface area (Å²) in [5.74, 6) is -19.1. The largest absolute Gasteiger partial charge is 0.481 e. The van der Waals surface area contributed by atoms with Gasteiger partial charge in [-0.25, -0.2) is 0 Å². The van der Waals surface area contributed by atoms with Gasteiger partial charge < -0.3 is 124 Å². The molecule has 0 saturated heterocycles. The van der Waals surface area contributed by atoms with Crippen LogP contribution in [0.2, 0.25) is 0 Å². The Hall–Kier alpha value is -11.5. The highest BCUT2D eigenvalue weighted by Crippen LogP contribution is 2.20. The summed E-state index contributed by atoms with van der Waals surface area (Å²) in [4.78, 5) is 255. The van der Waals surface area contributed by atoms with Gasteiger partial charge in [-0.1, -0.05) is 65.7 Å². The number of unbranched alkanes of at least 4 members (excludes halogenated alkanes) is 7. The molecule has 46 nitrogen and oxygen atoms in total. The van der Waals surface area contributed by atoms with Crippen LogP contribution in [0.15, 0.2) is 20.0 Å². The average molecular weight is 1860 g/mol. The first-order valence-corrected chi connectivity index (χ1v) is 44.2. The number of guanidine groups is 4. The quantitative estimate of drug-likeness (QED) is 0.0191. The number of aliphatic hydroxyl groups is 4. The summed E-state index contributed by atoms with van der Waals surface area (Å²) < 4.78 is 0. The number of aliphatic carboxylic acids is 4. The number of hydrogen-bond acceptors (Lipinski definition) is 27. The van der Waals surface area contributed by atoms with Gasteiger partial charge >= 0.3 is 23.9 Å². The number of nitrogens with one attached hydrogen (secondary N) is 7. The monoisotopic (exact) mass is 1860 g/mol. The van der Waals surface area contributed by atoms with Crippen LogP contribution in [0, 0.1) is 17.8 Å². The Morgan fingerprint density at radius 3 is 0.838 bits per heavy atom. The fourth-order valence-corrected chi connectivity index (χ4v) is 12.2. The van der Waals surface area contributed by atoms with Gasteiger partial charge in [0.2, 0.25) is 41.4 Å². The Labute approximate surface area is 759 Å². The topological polar surface area (TPSA) is 828 Å². The number of rotatable bonds is 75. The molecule has 0 fully saturated rings. The van der Waals surface area contributed by atoms with Crippen molar-refractivity contribution in [1.29, 1.82) is 0 Å². The Kier molecular flexibility index (Phi) is 75.3. The number of carboxylic acid groups (broad SMARTS) is 4. The summed E-state index contributed by atoms with van der Waals surface area (Å²) in [5.41, 5.74) is 43.2. The molecular weight excluding hydrogens is 1710 g/mol. The van der Waals surface area contributed by atoms with Gasteiger partial charge in [-0.15, -0.1) is 0 Å². The molecule has 0 bridgehead atoms. The lowest BCUT2D eigenvalue weighted by molar-refractivity contribution is -0.146. The summed E-state index contributed by atoms with van der Waals surface area (Å²) in [6.07, 6.45) is 4.64. The van der Waals surface area contributed by atoms with Crippen LogP contribution in [0.1, 0.15) is 279 Å². The number of carboxylic acids is 4. The number of Topliss-reactive ketones (excluding diaryl/α,β-unsaturated/α-hetero) is 8. The van der Waals surface area contributed by atoms with Gasteiger partial charge in [0.15, 0.2) is 58.5 Å². The second-order valence-electron chi connectivity index (χ2n) is 30.6. The summed E-state index contributed by atoms with van der Waals surface area (Å²) >= 11 is 0. The summed E-state index contributed by atoms with van der Waals surface area (Å²) in [7, 11) is 0. The minimum atomic E-state index is -1.65. The molecule has 7 amide bonds. The van der Waals surface area contributed by atoms with Gasteiger partial charge in [-0.05, 0) is 97.3 Å². The highest BCUT2D eigenvalue weighted by Gasteiger charge is 2.34. The molecule has 0 aliphatic rings. The number of carbonyl (C=O) groups is 19. The molecule has 0 saturated carbocycles. The number of ketones is 8. The average Bonchev–Trinajstić information content (AvgIpc) is 0.926. The lowest BCUT2D eigenvalue weighted by Gasteiger charge is -2.22. The van der Waals surface area contributed by atoms with Crippen molar-refractivity contribution in [3.05, 3.63) is 0 Å². The number of carbonyl (C=O) groups excluding carboxylic acids is 15. The maximum atomic E-state index is 13.8. The van der Waals surface area contributed by atoms with E-state index < -0.39 is 219 Å². The van der Waals surface area contributed by atoms with Crippen molar-refractivity contribution in [3.63, 3.8) is 0 Å². The van der Waals surface area contributed by atoms with E-state index in [0.717, 1.165) is 51.4 Å². The van der Waals surface area contributed by atoms with Gasteiger partial charge in [0.05, 0.1) is 74.1 Å². The molecule has 0 aromatic heterocycles. The number of aliphatic hydroxyl groups excluding tert-OH is 4. The van der Waals surface area contributed by atoms with Crippen LogP contribution < -0.4 is 83.1 Å². The zero-order chi connectivity index (χ0) is 99.5. The van der Waals surface area contributed by atoms with Crippen LogP contribution in [0.3, 0.4) is 0 Å². The first-order valence-electron chi connectivity index (χ1n) is 44.2. The van der Waals surface area contributed by atoms with Crippen LogP contribution in [0.4, 0.5) is 0 Å². The third-order valence-corrected chi connectivity index (χ3v) is 19.2. The van der Waals surface area contributed by atoms with Gasteiger partial charge in [0.25, 0.3) is 0 Å². The number of amides is 7. The molecule has 46 heteroatoms. The lowest BCUT2D eigenvalue weighted by Crippen LogP contribution is -2.45. The van der Waals surface area contributed by atoms with E-state index in [1.807, 2.05) is 13.8 Å². The van der Waals surface area contributed by atoms with Gasteiger partial charge in [0.1, 0.15) is 11.6 Å². The van der Waals surface area contributed by atoms with Crippen molar-refractivity contribution in [2.24, 2.45) is 83.6 Å². The molecule has 9 atom stereocenters. The van der Waals surface area contributed by atoms with Crippen molar-refractivity contribution in [3.8, 4) is 0 Å². The zero-order valence-electron chi connectivity index (χ0n) is 76.2. The molecule has 9 unspecified atom stereocenters. The van der Waals surface area contributed by atoms with Gasteiger partial charge in [-0.2, -0.15) is 0 Å². The highest BCUT2D eigenvalue weighted by molar-refractivity contribution is 5.99. The minimum absolute atomic E-state index is 0.00212. The van der Waals surface area contributed by atoms with Gasteiger partial charge in [0, 0.05) is 155 Å². The predicted molar refractivity (Wildman–Crippen MR) is 481 cm³/mol. The van der Waals surface area contributed by atoms with E-state index in [0.29, 0.717) is 57.9 Å². The summed E-state index contributed by atoms with van der Waals surface area (Å²) in [6, 6.07) is -7.74. The molecule has 0 spiro atoms. The van der Waals surface area contributed by atoms with Crippen LogP contribution >= 0.6 is 0 Å². The number of nitrogens with zero attached hydrogens (tertiary/aromatic N) is 4. The van der Waals surface area contributed by atoms with E-state index >= 15 is 0 Å². The van der Waals surface area contributed by atoms with Gasteiger partial charge in [-0.3, -0.25) is 111 Å². The van der Waals surface area contributed by atoms with E-state index in [1.165, 1.54) is 0 Å². The molecule has 0 radical (unpaired) electrons. The van der Waals surface area contributed by atoms with Crippen molar-refractivity contribution in [2.45, 2.75) is 315 Å². The minimum Gasteiger partial charge on any atom is -0.481 e. The Morgan fingerprint density at radius 2 is 0.554 bits per heavy atom. The van der Waals surface area contributed by atoms with E-state index in [-0.39, 0.29) is 164 Å². The lowest BCUT2D eigenvalue weighted by atomic mass is 9.92. The fraction of sp³-hybridized carbons (Fsp3) is 0.726. The van der Waals surface area contributed by atoms with Crippen LogP contribution in [0.25, 0.3) is 0 Å². The molecule has 31 N–H and O–H groups in total. The smallest absolute Gasteiger partial charge is 0.309 e. The third kappa shape index (κ3) is 70.4. The second-order valence-corrected chi connectivity index (χ2v) is 30.6. The molecule has 0 aromatic rings. The van der Waals surface area contributed by atoms with Crippen LogP contribution in [0.5, 0.6) is 0 Å². The summed E-state index contributed by atoms with van der Waals surface area (Å²) in [6.45, 7) is 9.03.